The van der Waals surface area contributed by atoms with E-state index in [1.807, 2.05) is 26.0 Å². The Labute approximate surface area is 123 Å². The van der Waals surface area contributed by atoms with Crippen LogP contribution in [0.4, 0.5) is 8.78 Å². The molecule has 0 aliphatic rings. The fourth-order valence-electron chi connectivity index (χ4n) is 2.36. The Morgan fingerprint density at radius 2 is 1.76 bits per heavy atom. The summed E-state index contributed by atoms with van der Waals surface area (Å²) in [5, 5.41) is 0. The van der Waals surface area contributed by atoms with Gasteiger partial charge < -0.3 is 0 Å². The van der Waals surface area contributed by atoms with Gasteiger partial charge in [0.15, 0.2) is 5.78 Å². The van der Waals surface area contributed by atoms with E-state index >= 15 is 0 Å². The van der Waals surface area contributed by atoms with E-state index in [4.69, 9.17) is 0 Å². The van der Waals surface area contributed by atoms with Gasteiger partial charge in [0.1, 0.15) is 11.6 Å². The first kappa shape index (κ1) is 15.4. The first-order chi connectivity index (χ1) is 9.99. The number of hydrogen-bond acceptors (Lipinski definition) is 1. The summed E-state index contributed by atoms with van der Waals surface area (Å²) in [7, 11) is 0. The highest BCUT2D eigenvalue weighted by atomic mass is 19.1. The minimum absolute atomic E-state index is 0.268. The average molecular weight is 288 g/mol. The molecule has 0 saturated carbocycles. The van der Waals surface area contributed by atoms with Crippen molar-refractivity contribution in [3.05, 3.63) is 69.8 Å². The van der Waals surface area contributed by atoms with Gasteiger partial charge in [0.25, 0.3) is 0 Å². The summed E-state index contributed by atoms with van der Waals surface area (Å²) in [5.41, 5.74) is 1.98. The van der Waals surface area contributed by atoms with Crippen molar-refractivity contribution in [3.8, 4) is 0 Å². The van der Waals surface area contributed by atoms with Gasteiger partial charge >= 0.3 is 0 Å². The van der Waals surface area contributed by atoms with Crippen LogP contribution in [0.25, 0.3) is 0 Å². The highest BCUT2D eigenvalue weighted by Gasteiger charge is 2.22. The molecule has 2 rings (SSSR count). The zero-order valence-corrected chi connectivity index (χ0v) is 12.5. The SMILES string of the molecule is CCc1ccc(CC)c(C(=O)c2c(F)ccc(C)c2F)c1. The van der Waals surface area contributed by atoms with Gasteiger partial charge in [0.2, 0.25) is 0 Å². The van der Waals surface area contributed by atoms with E-state index in [-0.39, 0.29) is 5.56 Å². The maximum atomic E-state index is 14.2. The lowest BCUT2D eigenvalue weighted by molar-refractivity contribution is 0.103. The molecule has 3 heteroatoms. The second-order valence-electron chi connectivity index (χ2n) is 5.08. The molecule has 1 nitrogen and oxygen atoms in total. The summed E-state index contributed by atoms with van der Waals surface area (Å²) in [6.07, 6.45) is 1.41. The third-order valence-corrected chi connectivity index (χ3v) is 3.72. The fourth-order valence-corrected chi connectivity index (χ4v) is 2.36. The van der Waals surface area contributed by atoms with Gasteiger partial charge in [-0.25, -0.2) is 8.78 Å². The molecule has 0 unspecified atom stereocenters. The van der Waals surface area contributed by atoms with Crippen LogP contribution in [-0.2, 0) is 12.8 Å². The zero-order valence-electron chi connectivity index (χ0n) is 12.5. The third kappa shape index (κ3) is 2.87. The standard InChI is InChI=1S/C18H18F2O/c1-4-12-7-8-13(5-2)14(10-12)18(21)16-15(19)9-6-11(3)17(16)20/h6-10H,4-5H2,1-3H3. The molecule has 0 amide bonds. The molecule has 0 saturated heterocycles. The van der Waals surface area contributed by atoms with E-state index in [1.165, 1.54) is 13.0 Å². The minimum Gasteiger partial charge on any atom is -0.288 e. The molecule has 2 aromatic carbocycles. The van der Waals surface area contributed by atoms with Crippen molar-refractivity contribution in [3.63, 3.8) is 0 Å². The highest BCUT2D eigenvalue weighted by Crippen LogP contribution is 2.23. The summed E-state index contributed by atoms with van der Waals surface area (Å²) in [6.45, 7) is 5.42. The second-order valence-corrected chi connectivity index (χ2v) is 5.08. The number of carbonyl (C=O) groups is 1. The van der Waals surface area contributed by atoms with E-state index in [2.05, 4.69) is 0 Å². The van der Waals surface area contributed by atoms with Crippen molar-refractivity contribution in [1.82, 2.24) is 0 Å². The van der Waals surface area contributed by atoms with Crippen molar-refractivity contribution in [1.29, 1.82) is 0 Å². The summed E-state index contributed by atoms with van der Waals surface area (Å²) < 4.78 is 28.1. The van der Waals surface area contributed by atoms with Crippen LogP contribution in [0.3, 0.4) is 0 Å². The molecule has 0 aliphatic carbocycles. The number of benzene rings is 2. The van der Waals surface area contributed by atoms with E-state index in [0.717, 1.165) is 23.6 Å². The average Bonchev–Trinajstić information content (AvgIpc) is 2.50. The number of aryl methyl sites for hydroxylation is 3. The predicted octanol–water partition coefficient (Wildman–Crippen LogP) is 4.63. The summed E-state index contributed by atoms with van der Waals surface area (Å²) in [5.74, 6) is -2.17. The van der Waals surface area contributed by atoms with Gasteiger partial charge in [0.05, 0.1) is 5.56 Å². The number of hydrogen-bond donors (Lipinski definition) is 0. The summed E-state index contributed by atoms with van der Waals surface area (Å²) >= 11 is 0. The Morgan fingerprint density at radius 1 is 1.05 bits per heavy atom. The Bertz CT molecular complexity index is 690. The molecule has 0 aliphatic heterocycles. The smallest absolute Gasteiger partial charge is 0.199 e. The first-order valence-electron chi connectivity index (χ1n) is 7.10. The van der Waals surface area contributed by atoms with E-state index < -0.39 is 23.0 Å². The van der Waals surface area contributed by atoms with Crippen LogP contribution in [0, 0.1) is 18.6 Å². The summed E-state index contributed by atoms with van der Waals surface area (Å²) in [6, 6.07) is 8.02. The second kappa shape index (κ2) is 6.17. The molecule has 0 aromatic heterocycles. The number of carbonyl (C=O) groups excluding carboxylic acids is 1. The zero-order chi connectivity index (χ0) is 15.6. The number of ketones is 1. The van der Waals surface area contributed by atoms with Crippen LogP contribution in [0.15, 0.2) is 30.3 Å². The Hall–Kier alpha value is -2.03. The Morgan fingerprint density at radius 3 is 2.38 bits per heavy atom. The van der Waals surface area contributed by atoms with Crippen LogP contribution in [0.1, 0.15) is 46.5 Å². The quantitative estimate of drug-likeness (QED) is 0.750. The largest absolute Gasteiger partial charge is 0.288 e. The molecule has 0 fully saturated rings. The molecule has 0 bridgehead atoms. The molecule has 0 N–H and O–H groups in total. The fraction of sp³-hybridized carbons (Fsp3) is 0.278. The van der Waals surface area contributed by atoms with Crippen molar-refractivity contribution in [2.24, 2.45) is 0 Å². The molecule has 2 aromatic rings. The van der Waals surface area contributed by atoms with Crippen LogP contribution >= 0.6 is 0 Å². The van der Waals surface area contributed by atoms with Crippen molar-refractivity contribution in [2.75, 3.05) is 0 Å². The minimum atomic E-state index is -0.813. The first-order valence-corrected chi connectivity index (χ1v) is 7.10. The third-order valence-electron chi connectivity index (χ3n) is 3.72. The lowest BCUT2D eigenvalue weighted by atomic mass is 9.93. The monoisotopic (exact) mass is 288 g/mol. The lowest BCUT2D eigenvalue weighted by Crippen LogP contribution is -2.11. The van der Waals surface area contributed by atoms with Crippen LogP contribution in [0.5, 0.6) is 0 Å². The molecule has 0 heterocycles. The Balaban J connectivity index is 2.62. The van der Waals surface area contributed by atoms with E-state index in [9.17, 15) is 13.6 Å². The molecule has 0 atom stereocenters. The molecular weight excluding hydrogens is 270 g/mol. The van der Waals surface area contributed by atoms with Gasteiger partial charge in [-0.3, -0.25) is 4.79 Å². The van der Waals surface area contributed by atoms with Crippen LogP contribution in [-0.4, -0.2) is 5.78 Å². The maximum Gasteiger partial charge on any atom is 0.199 e. The van der Waals surface area contributed by atoms with Crippen LogP contribution < -0.4 is 0 Å². The van der Waals surface area contributed by atoms with Crippen molar-refractivity contribution >= 4 is 5.78 Å². The van der Waals surface area contributed by atoms with E-state index in [0.29, 0.717) is 12.0 Å². The van der Waals surface area contributed by atoms with Crippen molar-refractivity contribution < 1.29 is 13.6 Å². The maximum absolute atomic E-state index is 14.2. The summed E-state index contributed by atoms with van der Waals surface area (Å²) in [4.78, 5) is 12.6. The normalized spacial score (nSPS) is 10.7. The van der Waals surface area contributed by atoms with Gasteiger partial charge in [-0.05, 0) is 48.6 Å². The molecule has 110 valence electrons. The van der Waals surface area contributed by atoms with E-state index in [1.54, 1.807) is 6.07 Å². The molecule has 21 heavy (non-hydrogen) atoms. The van der Waals surface area contributed by atoms with Gasteiger partial charge in [-0.15, -0.1) is 0 Å². The van der Waals surface area contributed by atoms with Gasteiger partial charge in [-0.1, -0.05) is 32.0 Å². The molecular formula is C18H18F2O. The molecule has 0 spiro atoms. The highest BCUT2D eigenvalue weighted by molar-refractivity contribution is 6.10. The van der Waals surface area contributed by atoms with Crippen LogP contribution in [0.2, 0.25) is 0 Å². The van der Waals surface area contributed by atoms with Crippen molar-refractivity contribution in [2.45, 2.75) is 33.6 Å². The predicted molar refractivity (Wildman–Crippen MR) is 79.7 cm³/mol. The molecule has 0 radical (unpaired) electrons. The number of halogens is 2. The van der Waals surface area contributed by atoms with Gasteiger partial charge in [0, 0.05) is 5.56 Å². The lowest BCUT2D eigenvalue weighted by Gasteiger charge is -2.11. The van der Waals surface area contributed by atoms with Gasteiger partial charge in [-0.2, -0.15) is 0 Å². The number of rotatable bonds is 4. The Kier molecular flexibility index (Phi) is 4.51. The topological polar surface area (TPSA) is 17.1 Å².